The van der Waals surface area contributed by atoms with E-state index in [2.05, 4.69) is 6.07 Å². The molecule has 1 aliphatic rings. The number of hydrogen-bond donors (Lipinski definition) is 1. The number of carboxylic acids is 1. The predicted molar refractivity (Wildman–Crippen MR) is 92.0 cm³/mol. The summed E-state index contributed by atoms with van der Waals surface area (Å²) >= 11 is 0. The second-order valence-corrected chi connectivity index (χ2v) is 6.21. The second-order valence-electron chi connectivity index (χ2n) is 6.21. The Morgan fingerprint density at radius 3 is 2.83 bits per heavy atom. The largest absolute Gasteiger partial charge is 0.481 e. The van der Waals surface area contributed by atoms with Crippen LogP contribution in [0.1, 0.15) is 23.1 Å². The lowest BCUT2D eigenvalue weighted by Crippen LogP contribution is -2.11. The molecule has 1 fully saturated rings. The molecule has 0 amide bonds. The van der Waals surface area contributed by atoms with E-state index in [1.807, 2.05) is 43.3 Å². The zero-order chi connectivity index (χ0) is 16.9. The molecule has 1 N–H and O–H groups in total. The molecule has 2 aromatic rings. The Morgan fingerprint density at radius 1 is 1.25 bits per heavy atom. The Labute approximate surface area is 142 Å². The molecule has 2 aromatic carbocycles. The molecule has 126 valence electrons. The van der Waals surface area contributed by atoms with E-state index in [-0.39, 0.29) is 12.5 Å². The molecule has 1 aliphatic heterocycles. The Balaban J connectivity index is 1.76. The van der Waals surface area contributed by atoms with E-state index in [4.69, 9.17) is 14.6 Å². The number of hydrogen-bond acceptors (Lipinski definition) is 3. The van der Waals surface area contributed by atoms with Gasteiger partial charge in [-0.25, -0.2) is 0 Å². The molecule has 1 heterocycles. The standard InChI is InChI=1S/C20H22O4/c1-14-5-6-17(10-18(14)11-20(21)22)16-4-2-3-15(9-16)12-24-19-7-8-23-13-19/h2-6,9-10,19H,7-8,11-13H2,1H3,(H,21,22). The fraction of sp³-hybridized carbons (Fsp3) is 0.350. The van der Waals surface area contributed by atoms with E-state index in [1.165, 1.54) is 0 Å². The van der Waals surface area contributed by atoms with Gasteiger partial charge in [-0.05, 0) is 47.2 Å². The van der Waals surface area contributed by atoms with Crippen LogP contribution in [0, 0.1) is 6.92 Å². The predicted octanol–water partition coefficient (Wildman–Crippen LogP) is 3.59. The monoisotopic (exact) mass is 326 g/mol. The molecule has 24 heavy (non-hydrogen) atoms. The normalized spacial score (nSPS) is 17.1. The maximum absolute atomic E-state index is 11.0. The number of carbonyl (C=O) groups is 1. The van der Waals surface area contributed by atoms with Crippen molar-refractivity contribution < 1.29 is 19.4 Å². The van der Waals surface area contributed by atoms with Gasteiger partial charge in [-0.2, -0.15) is 0 Å². The van der Waals surface area contributed by atoms with Gasteiger partial charge in [0.2, 0.25) is 0 Å². The molecular formula is C20H22O4. The van der Waals surface area contributed by atoms with Crippen LogP contribution in [0.2, 0.25) is 0 Å². The average molecular weight is 326 g/mol. The van der Waals surface area contributed by atoms with Crippen molar-refractivity contribution in [3.05, 3.63) is 59.2 Å². The van der Waals surface area contributed by atoms with Crippen LogP contribution < -0.4 is 0 Å². The summed E-state index contributed by atoms with van der Waals surface area (Å²) in [6, 6.07) is 14.2. The van der Waals surface area contributed by atoms with Gasteiger partial charge in [-0.15, -0.1) is 0 Å². The first-order valence-corrected chi connectivity index (χ1v) is 8.22. The number of aliphatic carboxylic acids is 1. The van der Waals surface area contributed by atoms with Crippen molar-refractivity contribution in [3.63, 3.8) is 0 Å². The zero-order valence-corrected chi connectivity index (χ0v) is 13.8. The van der Waals surface area contributed by atoms with Crippen molar-refractivity contribution >= 4 is 5.97 Å². The van der Waals surface area contributed by atoms with Crippen LogP contribution in [0.4, 0.5) is 0 Å². The Kier molecular flexibility index (Phi) is 5.28. The molecule has 0 spiro atoms. The molecule has 0 radical (unpaired) electrons. The summed E-state index contributed by atoms with van der Waals surface area (Å²) in [5.74, 6) is -0.809. The smallest absolute Gasteiger partial charge is 0.307 e. The summed E-state index contributed by atoms with van der Waals surface area (Å²) in [4.78, 5) is 11.0. The maximum atomic E-state index is 11.0. The summed E-state index contributed by atoms with van der Waals surface area (Å²) in [6.45, 7) is 3.96. The van der Waals surface area contributed by atoms with Gasteiger partial charge in [-0.1, -0.05) is 36.4 Å². The number of benzene rings is 2. The lowest BCUT2D eigenvalue weighted by atomic mass is 9.97. The van der Waals surface area contributed by atoms with Gasteiger partial charge in [0, 0.05) is 6.61 Å². The third-order valence-corrected chi connectivity index (χ3v) is 4.32. The molecule has 1 saturated heterocycles. The molecule has 0 aliphatic carbocycles. The number of aryl methyl sites for hydroxylation is 1. The summed E-state index contributed by atoms with van der Waals surface area (Å²) in [5, 5.41) is 9.04. The minimum Gasteiger partial charge on any atom is -0.481 e. The van der Waals surface area contributed by atoms with Gasteiger partial charge in [0.05, 0.1) is 25.7 Å². The van der Waals surface area contributed by atoms with Gasteiger partial charge in [0.15, 0.2) is 0 Å². The van der Waals surface area contributed by atoms with Crippen molar-refractivity contribution in [1.29, 1.82) is 0 Å². The molecular weight excluding hydrogens is 304 g/mol. The van der Waals surface area contributed by atoms with E-state index < -0.39 is 5.97 Å². The molecule has 1 unspecified atom stereocenters. The van der Waals surface area contributed by atoms with Crippen LogP contribution >= 0.6 is 0 Å². The molecule has 3 rings (SSSR count). The average Bonchev–Trinajstić information content (AvgIpc) is 3.08. The fourth-order valence-corrected chi connectivity index (χ4v) is 2.90. The van der Waals surface area contributed by atoms with Crippen LogP contribution in [-0.2, 0) is 27.3 Å². The topological polar surface area (TPSA) is 55.8 Å². The van der Waals surface area contributed by atoms with Gasteiger partial charge in [0.25, 0.3) is 0 Å². The van der Waals surface area contributed by atoms with E-state index in [9.17, 15) is 4.79 Å². The lowest BCUT2D eigenvalue weighted by molar-refractivity contribution is -0.136. The van der Waals surface area contributed by atoms with Gasteiger partial charge >= 0.3 is 5.97 Å². The van der Waals surface area contributed by atoms with E-state index in [1.54, 1.807) is 0 Å². The van der Waals surface area contributed by atoms with Crippen molar-refractivity contribution in [1.82, 2.24) is 0 Å². The first kappa shape index (κ1) is 16.7. The molecule has 4 nitrogen and oxygen atoms in total. The lowest BCUT2D eigenvalue weighted by Gasteiger charge is -2.12. The molecule has 1 atom stereocenters. The van der Waals surface area contributed by atoms with Crippen LogP contribution in [0.5, 0.6) is 0 Å². The summed E-state index contributed by atoms with van der Waals surface area (Å²) < 4.78 is 11.2. The third-order valence-electron chi connectivity index (χ3n) is 4.32. The van der Waals surface area contributed by atoms with Crippen molar-refractivity contribution in [3.8, 4) is 11.1 Å². The third kappa shape index (κ3) is 4.22. The van der Waals surface area contributed by atoms with E-state index in [0.29, 0.717) is 13.2 Å². The van der Waals surface area contributed by atoms with Crippen molar-refractivity contribution in [2.24, 2.45) is 0 Å². The van der Waals surface area contributed by atoms with Crippen molar-refractivity contribution in [2.75, 3.05) is 13.2 Å². The first-order chi connectivity index (χ1) is 11.6. The second kappa shape index (κ2) is 7.60. The highest BCUT2D eigenvalue weighted by molar-refractivity contribution is 5.73. The Bertz CT molecular complexity index is 717. The van der Waals surface area contributed by atoms with Crippen LogP contribution in [0.15, 0.2) is 42.5 Å². The number of carboxylic acid groups (broad SMARTS) is 1. The zero-order valence-electron chi connectivity index (χ0n) is 13.8. The fourth-order valence-electron chi connectivity index (χ4n) is 2.90. The van der Waals surface area contributed by atoms with Gasteiger partial charge in [-0.3, -0.25) is 4.79 Å². The quantitative estimate of drug-likeness (QED) is 0.881. The Morgan fingerprint density at radius 2 is 2.08 bits per heavy atom. The molecule has 4 heteroatoms. The van der Waals surface area contributed by atoms with E-state index >= 15 is 0 Å². The highest BCUT2D eigenvalue weighted by atomic mass is 16.5. The highest BCUT2D eigenvalue weighted by Crippen LogP contribution is 2.24. The number of rotatable bonds is 6. The van der Waals surface area contributed by atoms with Crippen LogP contribution in [-0.4, -0.2) is 30.4 Å². The van der Waals surface area contributed by atoms with Crippen LogP contribution in [0.25, 0.3) is 11.1 Å². The van der Waals surface area contributed by atoms with Crippen LogP contribution in [0.3, 0.4) is 0 Å². The SMILES string of the molecule is Cc1ccc(-c2cccc(COC3CCOC3)c2)cc1CC(=O)O. The van der Waals surface area contributed by atoms with Crippen molar-refractivity contribution in [2.45, 2.75) is 32.5 Å². The molecule has 0 saturated carbocycles. The minimum absolute atomic E-state index is 0.0458. The minimum atomic E-state index is -0.809. The van der Waals surface area contributed by atoms with E-state index in [0.717, 1.165) is 40.8 Å². The summed E-state index contributed by atoms with van der Waals surface area (Å²) in [7, 11) is 0. The van der Waals surface area contributed by atoms with Gasteiger partial charge < -0.3 is 14.6 Å². The highest BCUT2D eigenvalue weighted by Gasteiger charge is 2.16. The number of ether oxygens (including phenoxy) is 2. The maximum Gasteiger partial charge on any atom is 0.307 e. The summed E-state index contributed by atoms with van der Waals surface area (Å²) in [5.41, 5.74) is 5.07. The first-order valence-electron chi connectivity index (χ1n) is 8.22. The molecule has 0 aromatic heterocycles. The summed E-state index contributed by atoms with van der Waals surface area (Å²) in [6.07, 6.45) is 1.19. The molecule has 0 bridgehead atoms. The Hall–Kier alpha value is -2.17. The van der Waals surface area contributed by atoms with Gasteiger partial charge in [0.1, 0.15) is 0 Å².